The molecular weight excluding hydrogens is 308 g/mol. The second-order valence-electron chi connectivity index (χ2n) is 5.47. The number of hydroxylamine groups is 2. The van der Waals surface area contributed by atoms with E-state index < -0.39 is 6.03 Å². The van der Waals surface area contributed by atoms with E-state index in [1.807, 2.05) is 23.6 Å². The van der Waals surface area contributed by atoms with E-state index in [9.17, 15) is 10.0 Å². The number of thiophene rings is 1. The summed E-state index contributed by atoms with van der Waals surface area (Å²) in [4.78, 5) is 12.0. The third-order valence-corrected chi connectivity index (χ3v) is 4.97. The van der Waals surface area contributed by atoms with Crippen molar-refractivity contribution in [3.63, 3.8) is 0 Å². The van der Waals surface area contributed by atoms with Crippen molar-refractivity contribution in [3.05, 3.63) is 58.8 Å². The first-order valence-electron chi connectivity index (χ1n) is 7.39. The van der Waals surface area contributed by atoms with Crippen LogP contribution in [-0.4, -0.2) is 22.3 Å². The molecule has 1 heterocycles. The van der Waals surface area contributed by atoms with Gasteiger partial charge in [-0.05, 0) is 52.6 Å². The maximum absolute atomic E-state index is 10.9. The van der Waals surface area contributed by atoms with Gasteiger partial charge >= 0.3 is 6.03 Å². The van der Waals surface area contributed by atoms with Crippen LogP contribution in [0.25, 0.3) is 22.8 Å². The number of fused-ring (bicyclic) bond motifs is 1. The fourth-order valence-electron chi connectivity index (χ4n) is 2.66. The second kappa shape index (κ2) is 6.40. The van der Waals surface area contributed by atoms with E-state index in [1.54, 1.807) is 11.3 Å². The lowest BCUT2D eigenvalue weighted by molar-refractivity contribution is -0.0608. The standard InChI is InChI=1S/C12H14N2O2S.C6H4/c1-2-8-5-6-17-11(8)9-3-4-10(7-9)14(16)12(13)15;1-2-5-4-6(5)3-1/h2,5-7,10,16H,1,3-4H2,(H2,13,15);1-4H. The van der Waals surface area contributed by atoms with E-state index >= 15 is 0 Å². The first-order valence-corrected chi connectivity index (χ1v) is 8.27. The summed E-state index contributed by atoms with van der Waals surface area (Å²) in [5.74, 6) is 0. The van der Waals surface area contributed by atoms with E-state index in [4.69, 9.17) is 5.73 Å². The molecule has 3 N–H and O–H groups in total. The molecule has 0 radical (unpaired) electrons. The van der Waals surface area contributed by atoms with Crippen molar-refractivity contribution in [2.45, 2.75) is 18.9 Å². The number of carbonyl (C=O) groups excluding carboxylic acids is 1. The summed E-state index contributed by atoms with van der Waals surface area (Å²) in [5, 5.41) is 12.1. The van der Waals surface area contributed by atoms with Crippen LogP contribution in [-0.2, 0) is 0 Å². The lowest BCUT2D eigenvalue weighted by atomic mass is 10.1. The Hall–Kier alpha value is -2.37. The predicted molar refractivity (Wildman–Crippen MR) is 94.1 cm³/mol. The Balaban J connectivity index is 0.000000213. The Morgan fingerprint density at radius 1 is 1.39 bits per heavy atom. The van der Waals surface area contributed by atoms with Gasteiger partial charge in [0.25, 0.3) is 0 Å². The molecule has 2 amide bonds. The summed E-state index contributed by atoms with van der Waals surface area (Å²) in [6, 6.07) is 9.35. The van der Waals surface area contributed by atoms with Crippen molar-refractivity contribution < 1.29 is 10.0 Å². The molecule has 0 spiro atoms. The molecule has 1 atom stereocenters. The molecular formula is C18H18N2O2S. The van der Waals surface area contributed by atoms with Crippen LogP contribution in [0, 0.1) is 0 Å². The molecule has 0 saturated carbocycles. The summed E-state index contributed by atoms with van der Waals surface area (Å²) in [5.41, 5.74) is 10.1. The average molecular weight is 326 g/mol. The maximum atomic E-state index is 10.9. The van der Waals surface area contributed by atoms with E-state index in [0.29, 0.717) is 11.5 Å². The lowest BCUT2D eigenvalue weighted by Crippen LogP contribution is -2.39. The molecule has 5 heteroatoms. The van der Waals surface area contributed by atoms with Crippen LogP contribution in [0.5, 0.6) is 0 Å². The number of primary amides is 1. The zero-order valence-corrected chi connectivity index (χ0v) is 13.4. The van der Waals surface area contributed by atoms with Crippen molar-refractivity contribution in [3.8, 4) is 11.1 Å². The van der Waals surface area contributed by atoms with Crippen LogP contribution < -0.4 is 5.73 Å². The van der Waals surface area contributed by atoms with E-state index in [2.05, 4.69) is 30.8 Å². The number of amides is 2. The molecule has 3 aliphatic rings. The normalized spacial score (nSPS) is 16.9. The van der Waals surface area contributed by atoms with Crippen molar-refractivity contribution in [2.75, 3.05) is 0 Å². The second-order valence-corrected chi connectivity index (χ2v) is 6.39. The van der Waals surface area contributed by atoms with Gasteiger partial charge in [-0.2, -0.15) is 5.06 Å². The Bertz CT molecular complexity index is 762. The molecule has 1 aromatic heterocycles. The Labute approximate surface area is 139 Å². The summed E-state index contributed by atoms with van der Waals surface area (Å²) in [6.07, 6.45) is 5.23. The fraction of sp³-hybridized carbons (Fsp3) is 0.167. The van der Waals surface area contributed by atoms with Gasteiger partial charge in [0.15, 0.2) is 0 Å². The monoisotopic (exact) mass is 326 g/mol. The van der Waals surface area contributed by atoms with Gasteiger partial charge in [-0.25, -0.2) is 4.79 Å². The van der Waals surface area contributed by atoms with Crippen LogP contribution in [0.1, 0.15) is 23.3 Å². The van der Waals surface area contributed by atoms with Crippen LogP contribution in [0.4, 0.5) is 4.79 Å². The number of hydrogen-bond acceptors (Lipinski definition) is 3. The molecule has 0 saturated heterocycles. The van der Waals surface area contributed by atoms with Crippen molar-refractivity contribution in [2.24, 2.45) is 5.73 Å². The van der Waals surface area contributed by atoms with Crippen LogP contribution in [0.3, 0.4) is 0 Å². The van der Waals surface area contributed by atoms with Crippen LogP contribution in [0.15, 0.2) is 48.4 Å². The summed E-state index contributed by atoms with van der Waals surface area (Å²) < 4.78 is 0. The molecule has 0 aliphatic heterocycles. The van der Waals surface area contributed by atoms with Gasteiger partial charge in [0, 0.05) is 4.88 Å². The van der Waals surface area contributed by atoms with E-state index in [-0.39, 0.29) is 6.04 Å². The molecule has 0 fully saturated rings. The highest BCUT2D eigenvalue weighted by atomic mass is 32.1. The molecule has 0 bridgehead atoms. The smallest absolute Gasteiger partial charge is 0.339 e. The predicted octanol–water partition coefficient (Wildman–Crippen LogP) is 4.37. The van der Waals surface area contributed by atoms with Crippen LogP contribution >= 0.6 is 11.3 Å². The minimum absolute atomic E-state index is 0.317. The molecule has 118 valence electrons. The molecule has 1 unspecified atom stereocenters. The van der Waals surface area contributed by atoms with Gasteiger partial charge in [0.1, 0.15) is 0 Å². The Morgan fingerprint density at radius 3 is 2.65 bits per heavy atom. The quantitative estimate of drug-likeness (QED) is 0.554. The first-order chi connectivity index (χ1) is 11.1. The average Bonchev–Trinajstić information content (AvgIpc) is 3.04. The summed E-state index contributed by atoms with van der Waals surface area (Å²) in [7, 11) is 0. The zero-order valence-electron chi connectivity index (χ0n) is 12.6. The number of carbonyl (C=O) groups is 1. The molecule has 4 nitrogen and oxygen atoms in total. The fourth-order valence-corrected chi connectivity index (χ4v) is 3.62. The molecule has 0 aromatic carbocycles. The van der Waals surface area contributed by atoms with Crippen molar-refractivity contribution in [1.82, 2.24) is 5.06 Å². The molecule has 4 rings (SSSR count). The number of nitrogens with two attached hydrogens (primary N) is 1. The zero-order chi connectivity index (χ0) is 16.4. The van der Waals surface area contributed by atoms with E-state index in [0.717, 1.165) is 22.4 Å². The molecule has 3 aliphatic carbocycles. The Morgan fingerprint density at radius 2 is 2.13 bits per heavy atom. The van der Waals surface area contributed by atoms with Crippen molar-refractivity contribution >= 4 is 29.0 Å². The maximum Gasteiger partial charge on any atom is 0.339 e. The number of allylic oxidation sites excluding steroid dienone is 1. The third kappa shape index (κ3) is 3.36. The highest BCUT2D eigenvalue weighted by molar-refractivity contribution is 7.11. The lowest BCUT2D eigenvalue weighted by Gasteiger charge is -2.17. The van der Waals surface area contributed by atoms with Gasteiger partial charge < -0.3 is 5.73 Å². The highest BCUT2D eigenvalue weighted by Crippen LogP contribution is 2.35. The number of urea groups is 1. The minimum Gasteiger partial charge on any atom is -0.350 e. The van der Waals surface area contributed by atoms with Gasteiger partial charge in [-0.3, -0.25) is 5.21 Å². The number of hydrogen-bond donors (Lipinski definition) is 2. The SMILES string of the molecule is C=Cc1ccsc1C1=CC(N(O)C(N)=O)CC1.c1cc2cc-2c1. The Kier molecular flexibility index (Phi) is 4.32. The number of rotatable bonds is 3. The van der Waals surface area contributed by atoms with Crippen molar-refractivity contribution in [1.29, 1.82) is 0 Å². The molecule has 1 aromatic rings. The third-order valence-electron chi connectivity index (χ3n) is 3.96. The largest absolute Gasteiger partial charge is 0.350 e. The van der Waals surface area contributed by atoms with Gasteiger partial charge in [0.2, 0.25) is 0 Å². The van der Waals surface area contributed by atoms with Gasteiger partial charge in [-0.1, -0.05) is 36.9 Å². The summed E-state index contributed by atoms with van der Waals surface area (Å²) >= 11 is 1.64. The first kappa shape index (κ1) is 15.5. The van der Waals surface area contributed by atoms with Gasteiger partial charge in [0.05, 0.1) is 6.04 Å². The number of nitrogens with zero attached hydrogens (tertiary/aromatic N) is 1. The number of benzene rings is 1. The minimum atomic E-state index is -0.817. The van der Waals surface area contributed by atoms with Crippen LogP contribution in [0.2, 0.25) is 0 Å². The summed E-state index contributed by atoms with van der Waals surface area (Å²) in [6.45, 7) is 3.76. The molecule has 23 heavy (non-hydrogen) atoms. The topological polar surface area (TPSA) is 66.6 Å². The van der Waals surface area contributed by atoms with Gasteiger partial charge in [-0.15, -0.1) is 11.3 Å². The highest BCUT2D eigenvalue weighted by Gasteiger charge is 2.25. The van der Waals surface area contributed by atoms with E-state index in [1.165, 1.54) is 11.1 Å².